The average Bonchev–Trinajstić information content (AvgIpc) is 2.40. The van der Waals surface area contributed by atoms with Gasteiger partial charge in [-0.3, -0.25) is 4.98 Å². The number of rotatable bonds is 1. The lowest BCUT2D eigenvalue weighted by atomic mass is 10.1. The van der Waals surface area contributed by atoms with Crippen molar-refractivity contribution in [2.45, 2.75) is 38.8 Å². The van der Waals surface area contributed by atoms with Crippen molar-refractivity contribution in [3.8, 4) is 0 Å². The van der Waals surface area contributed by atoms with Gasteiger partial charge in [-0.25, -0.2) is 0 Å². The van der Waals surface area contributed by atoms with Crippen molar-refractivity contribution >= 4 is 5.69 Å². The van der Waals surface area contributed by atoms with Crippen LogP contribution in [0.3, 0.4) is 0 Å². The summed E-state index contributed by atoms with van der Waals surface area (Å²) in [4.78, 5) is 4.25. The topological polar surface area (TPSA) is 57.4 Å². The van der Waals surface area contributed by atoms with Crippen LogP contribution in [-0.4, -0.2) is 16.9 Å². The summed E-state index contributed by atoms with van der Waals surface area (Å²) >= 11 is 0. The van der Waals surface area contributed by atoms with Crippen LogP contribution in [0.25, 0.3) is 0 Å². The van der Waals surface area contributed by atoms with Gasteiger partial charge in [0.05, 0.1) is 11.8 Å². The van der Waals surface area contributed by atoms with Crippen LogP contribution in [0.2, 0.25) is 0 Å². The highest BCUT2D eigenvalue weighted by Crippen LogP contribution is 2.37. The molecule has 0 saturated carbocycles. The van der Waals surface area contributed by atoms with Crippen molar-refractivity contribution in [1.82, 2.24) is 4.98 Å². The first-order chi connectivity index (χ1) is 6.98. The Balaban J connectivity index is 2.25. The molecule has 82 valence electrons. The zero-order chi connectivity index (χ0) is 11.1. The van der Waals surface area contributed by atoms with E-state index in [1.54, 1.807) is 12.3 Å². The molecule has 15 heavy (non-hydrogen) atoms. The fourth-order valence-electron chi connectivity index (χ4n) is 1.86. The SMILES string of the molecule is CC1OC(C)(C)OC1c1cc(N)ccn1. The minimum atomic E-state index is -0.545. The Morgan fingerprint density at radius 2 is 2.13 bits per heavy atom. The summed E-state index contributed by atoms with van der Waals surface area (Å²) in [6.45, 7) is 5.77. The monoisotopic (exact) mass is 208 g/mol. The summed E-state index contributed by atoms with van der Waals surface area (Å²) in [6.07, 6.45) is 1.55. The van der Waals surface area contributed by atoms with E-state index >= 15 is 0 Å². The van der Waals surface area contributed by atoms with Gasteiger partial charge in [0.25, 0.3) is 0 Å². The fraction of sp³-hybridized carbons (Fsp3) is 0.545. The number of anilines is 1. The van der Waals surface area contributed by atoms with Crippen LogP contribution in [0.4, 0.5) is 5.69 Å². The van der Waals surface area contributed by atoms with Crippen LogP contribution >= 0.6 is 0 Å². The van der Waals surface area contributed by atoms with Gasteiger partial charge in [-0.2, -0.15) is 0 Å². The first-order valence-electron chi connectivity index (χ1n) is 5.05. The smallest absolute Gasteiger partial charge is 0.164 e. The van der Waals surface area contributed by atoms with Crippen LogP contribution in [0.5, 0.6) is 0 Å². The molecule has 2 atom stereocenters. The van der Waals surface area contributed by atoms with Gasteiger partial charge in [-0.05, 0) is 32.9 Å². The molecule has 1 aromatic rings. The molecule has 0 aromatic carbocycles. The van der Waals surface area contributed by atoms with Gasteiger partial charge >= 0.3 is 0 Å². The number of nitrogen functional groups attached to an aromatic ring is 1. The van der Waals surface area contributed by atoms with Gasteiger partial charge in [0.1, 0.15) is 6.10 Å². The summed E-state index contributed by atoms with van der Waals surface area (Å²) in [7, 11) is 0. The van der Waals surface area contributed by atoms with E-state index in [4.69, 9.17) is 15.2 Å². The van der Waals surface area contributed by atoms with Crippen LogP contribution in [0.1, 0.15) is 32.6 Å². The van der Waals surface area contributed by atoms with E-state index < -0.39 is 5.79 Å². The Morgan fingerprint density at radius 1 is 1.40 bits per heavy atom. The van der Waals surface area contributed by atoms with E-state index in [0.717, 1.165) is 5.69 Å². The number of nitrogens with two attached hydrogens (primary N) is 1. The van der Waals surface area contributed by atoms with Gasteiger partial charge < -0.3 is 15.2 Å². The van der Waals surface area contributed by atoms with E-state index in [-0.39, 0.29) is 12.2 Å². The van der Waals surface area contributed by atoms with Gasteiger partial charge in [0, 0.05) is 11.9 Å². The Kier molecular flexibility index (Phi) is 2.40. The number of pyridine rings is 1. The second kappa shape index (κ2) is 3.47. The highest BCUT2D eigenvalue weighted by atomic mass is 16.7. The molecule has 2 unspecified atom stereocenters. The van der Waals surface area contributed by atoms with Gasteiger partial charge in [-0.1, -0.05) is 0 Å². The highest BCUT2D eigenvalue weighted by molar-refractivity contribution is 5.38. The van der Waals surface area contributed by atoms with E-state index in [1.165, 1.54) is 0 Å². The van der Waals surface area contributed by atoms with E-state index in [9.17, 15) is 0 Å². The Labute approximate surface area is 89.4 Å². The molecular formula is C11H16N2O2. The second-order valence-corrected chi connectivity index (χ2v) is 4.28. The first kappa shape index (κ1) is 10.4. The summed E-state index contributed by atoms with van der Waals surface area (Å²) in [5.74, 6) is -0.545. The van der Waals surface area contributed by atoms with Crippen LogP contribution in [-0.2, 0) is 9.47 Å². The lowest BCUT2D eigenvalue weighted by Gasteiger charge is -2.16. The van der Waals surface area contributed by atoms with E-state index in [2.05, 4.69) is 4.98 Å². The first-order valence-corrected chi connectivity index (χ1v) is 5.05. The summed E-state index contributed by atoms with van der Waals surface area (Å²) in [6, 6.07) is 3.58. The predicted molar refractivity (Wildman–Crippen MR) is 57.1 cm³/mol. The minimum absolute atomic E-state index is 0.00528. The van der Waals surface area contributed by atoms with Crippen molar-refractivity contribution in [2.75, 3.05) is 5.73 Å². The molecule has 4 heteroatoms. The standard InChI is InChI=1S/C11H16N2O2/c1-7-10(15-11(2,3)14-7)9-6-8(12)4-5-13-9/h4-7,10H,1-3H3,(H2,12,13). The molecule has 4 nitrogen and oxygen atoms in total. The Bertz CT molecular complexity index is 365. The third kappa shape index (κ3) is 2.11. The zero-order valence-electron chi connectivity index (χ0n) is 9.23. The lowest BCUT2D eigenvalue weighted by molar-refractivity contribution is -0.145. The molecule has 2 heterocycles. The maximum absolute atomic E-state index is 5.76. The van der Waals surface area contributed by atoms with Crippen molar-refractivity contribution in [2.24, 2.45) is 0 Å². The largest absolute Gasteiger partial charge is 0.399 e. The summed E-state index contributed by atoms with van der Waals surface area (Å²) in [5, 5.41) is 0. The number of nitrogens with zero attached hydrogens (tertiary/aromatic N) is 1. The maximum Gasteiger partial charge on any atom is 0.164 e. The van der Waals surface area contributed by atoms with Crippen molar-refractivity contribution in [3.63, 3.8) is 0 Å². The van der Waals surface area contributed by atoms with Crippen LogP contribution in [0.15, 0.2) is 18.3 Å². The molecule has 0 bridgehead atoms. The zero-order valence-corrected chi connectivity index (χ0v) is 9.23. The van der Waals surface area contributed by atoms with E-state index in [0.29, 0.717) is 5.69 Å². The Morgan fingerprint density at radius 3 is 2.67 bits per heavy atom. The molecule has 0 aliphatic carbocycles. The van der Waals surface area contributed by atoms with Gasteiger partial charge in [0.15, 0.2) is 5.79 Å². The third-order valence-corrected chi connectivity index (χ3v) is 2.40. The third-order valence-electron chi connectivity index (χ3n) is 2.40. The van der Waals surface area contributed by atoms with Crippen molar-refractivity contribution < 1.29 is 9.47 Å². The lowest BCUT2D eigenvalue weighted by Crippen LogP contribution is -2.20. The highest BCUT2D eigenvalue weighted by Gasteiger charge is 2.40. The summed E-state index contributed by atoms with van der Waals surface area (Å²) < 4.78 is 11.4. The second-order valence-electron chi connectivity index (χ2n) is 4.28. The average molecular weight is 208 g/mol. The van der Waals surface area contributed by atoms with Gasteiger partial charge in [-0.15, -0.1) is 0 Å². The fourth-order valence-corrected chi connectivity index (χ4v) is 1.86. The number of hydrogen-bond donors (Lipinski definition) is 1. The Hall–Kier alpha value is -1.13. The van der Waals surface area contributed by atoms with Crippen molar-refractivity contribution in [1.29, 1.82) is 0 Å². The van der Waals surface area contributed by atoms with Crippen molar-refractivity contribution in [3.05, 3.63) is 24.0 Å². The minimum Gasteiger partial charge on any atom is -0.399 e. The number of hydrogen-bond acceptors (Lipinski definition) is 4. The molecule has 2 N–H and O–H groups in total. The molecule has 0 amide bonds. The van der Waals surface area contributed by atoms with E-state index in [1.807, 2.05) is 26.8 Å². The molecule has 0 radical (unpaired) electrons. The molecule has 1 aromatic heterocycles. The molecule has 2 rings (SSSR count). The number of aromatic nitrogens is 1. The van der Waals surface area contributed by atoms with Crippen LogP contribution < -0.4 is 5.73 Å². The van der Waals surface area contributed by atoms with Crippen LogP contribution in [0, 0.1) is 0 Å². The molecule has 1 saturated heterocycles. The molecule has 0 spiro atoms. The summed E-state index contributed by atoms with van der Waals surface area (Å²) in [5.41, 5.74) is 7.22. The quantitative estimate of drug-likeness (QED) is 0.765. The molecule has 1 fully saturated rings. The molecule has 1 aliphatic rings. The molecule has 1 aliphatic heterocycles. The van der Waals surface area contributed by atoms with Gasteiger partial charge in [0.2, 0.25) is 0 Å². The normalized spacial score (nSPS) is 29.3. The number of ether oxygens (including phenoxy) is 2. The maximum atomic E-state index is 5.76. The molecular weight excluding hydrogens is 192 g/mol. The predicted octanol–water partition coefficient (Wildman–Crippen LogP) is 1.88.